The first kappa shape index (κ1) is 33.2. The molecule has 3 heterocycles. The molecule has 2 aromatic rings. The first-order chi connectivity index (χ1) is 21.0. The smallest absolute Gasteiger partial charge is 0.269 e. The molecule has 0 radical (unpaired) electrons. The van der Waals surface area contributed by atoms with Crippen LogP contribution in [0, 0.1) is 0 Å². The summed E-state index contributed by atoms with van der Waals surface area (Å²) in [6, 6.07) is 7.86. The molecular weight excluding hydrogens is 611 g/mol. The summed E-state index contributed by atoms with van der Waals surface area (Å²) in [7, 11) is -5.16. The maximum absolute atomic E-state index is 12.1. The van der Waals surface area contributed by atoms with E-state index in [4.69, 9.17) is 9.73 Å². The minimum atomic E-state index is -4.30. The van der Waals surface area contributed by atoms with Crippen LogP contribution in [0.5, 0.6) is 11.5 Å². The molecular formula is C34H44N3O6S2+. The number of rotatable bonds is 11. The SMILES string of the molecule is CCC1=CC(C)(C)[N+](CCCS(C)=O)=c2cc3c(cc21)=Nc1cc2c(cc1O3)N(CCCC(C)=O)C(C)(C)C=C2CS(=O)(=O)O. The second-order valence-corrected chi connectivity index (χ2v) is 16.4. The molecule has 242 valence electrons. The number of benzene rings is 2. The van der Waals surface area contributed by atoms with Crippen LogP contribution in [-0.2, 0) is 25.7 Å². The summed E-state index contributed by atoms with van der Waals surface area (Å²) in [6.07, 6.45) is 8.64. The quantitative estimate of drug-likeness (QED) is 0.233. The molecule has 1 unspecified atom stereocenters. The third-order valence-electron chi connectivity index (χ3n) is 8.78. The van der Waals surface area contributed by atoms with Crippen molar-refractivity contribution >= 4 is 49.2 Å². The van der Waals surface area contributed by atoms with Gasteiger partial charge in [-0.15, -0.1) is 0 Å². The van der Waals surface area contributed by atoms with Gasteiger partial charge in [-0.05, 0) is 63.0 Å². The molecule has 1 N–H and O–H groups in total. The van der Waals surface area contributed by atoms with Gasteiger partial charge >= 0.3 is 0 Å². The number of Topliss-reactive ketones (excluding diaryl/α,β-unsaturated/α-hetero) is 1. The van der Waals surface area contributed by atoms with E-state index in [2.05, 4.69) is 48.5 Å². The fourth-order valence-corrected chi connectivity index (χ4v) is 7.95. The van der Waals surface area contributed by atoms with Crippen LogP contribution in [-0.4, -0.2) is 64.9 Å². The lowest BCUT2D eigenvalue weighted by molar-refractivity contribution is -0.117. The van der Waals surface area contributed by atoms with E-state index in [-0.39, 0.29) is 11.3 Å². The van der Waals surface area contributed by atoms with Crippen molar-refractivity contribution in [2.45, 2.75) is 78.3 Å². The summed E-state index contributed by atoms with van der Waals surface area (Å²) < 4.78 is 54.7. The van der Waals surface area contributed by atoms with Gasteiger partial charge in [0.2, 0.25) is 5.36 Å². The number of anilines is 1. The Morgan fingerprint density at radius 2 is 1.78 bits per heavy atom. The van der Waals surface area contributed by atoms with Crippen molar-refractivity contribution in [3.8, 4) is 11.5 Å². The van der Waals surface area contributed by atoms with E-state index < -0.39 is 32.2 Å². The summed E-state index contributed by atoms with van der Waals surface area (Å²) in [5, 5.41) is 1.74. The molecule has 0 saturated heterocycles. The molecule has 3 aliphatic rings. The van der Waals surface area contributed by atoms with Gasteiger partial charge in [-0.25, -0.2) is 9.57 Å². The molecule has 1 atom stereocenters. The van der Waals surface area contributed by atoms with Crippen molar-refractivity contribution in [1.82, 2.24) is 4.58 Å². The summed E-state index contributed by atoms with van der Waals surface area (Å²) in [5.74, 6) is 1.41. The Labute approximate surface area is 268 Å². The van der Waals surface area contributed by atoms with Crippen molar-refractivity contribution in [3.63, 3.8) is 0 Å². The molecule has 3 aliphatic heterocycles. The maximum Gasteiger partial charge on any atom is 0.269 e. The van der Waals surface area contributed by atoms with Gasteiger partial charge in [0, 0.05) is 73.4 Å². The largest absolute Gasteiger partial charge is 0.452 e. The van der Waals surface area contributed by atoms with Crippen LogP contribution in [0.15, 0.2) is 41.4 Å². The second-order valence-electron chi connectivity index (χ2n) is 13.4. The Bertz CT molecular complexity index is 1890. The van der Waals surface area contributed by atoms with Gasteiger partial charge < -0.3 is 14.4 Å². The van der Waals surface area contributed by atoms with Gasteiger partial charge in [-0.1, -0.05) is 13.0 Å². The highest BCUT2D eigenvalue weighted by Gasteiger charge is 2.37. The van der Waals surface area contributed by atoms with Gasteiger partial charge in [-0.3, -0.25) is 8.76 Å². The molecule has 5 rings (SSSR count). The van der Waals surface area contributed by atoms with Gasteiger partial charge in [-0.2, -0.15) is 8.42 Å². The summed E-state index contributed by atoms with van der Waals surface area (Å²) in [5.41, 5.74) is 3.99. The molecule has 0 aliphatic carbocycles. The molecule has 0 amide bonds. The Morgan fingerprint density at radius 3 is 2.42 bits per heavy atom. The van der Waals surface area contributed by atoms with Crippen LogP contribution < -0.4 is 24.9 Å². The molecule has 0 saturated carbocycles. The lowest BCUT2D eigenvalue weighted by Crippen LogP contribution is -2.50. The summed E-state index contributed by atoms with van der Waals surface area (Å²) in [4.78, 5) is 18.9. The Hall–Kier alpha value is -3.15. The number of carbonyl (C=O) groups excluding carboxylic acids is 1. The van der Waals surface area contributed by atoms with Crippen LogP contribution >= 0.6 is 0 Å². The predicted molar refractivity (Wildman–Crippen MR) is 181 cm³/mol. The van der Waals surface area contributed by atoms with Crippen molar-refractivity contribution in [2.75, 3.05) is 35.8 Å². The molecule has 0 bridgehead atoms. The van der Waals surface area contributed by atoms with Crippen molar-refractivity contribution in [3.05, 3.63) is 58.3 Å². The lowest BCUT2D eigenvalue weighted by atomic mass is 9.87. The predicted octanol–water partition coefficient (Wildman–Crippen LogP) is 4.83. The van der Waals surface area contributed by atoms with Crippen molar-refractivity contribution in [2.24, 2.45) is 4.99 Å². The molecule has 11 heteroatoms. The Kier molecular flexibility index (Phi) is 9.02. The van der Waals surface area contributed by atoms with Crippen LogP contribution in [0.1, 0.15) is 78.4 Å². The molecule has 0 fully saturated rings. The monoisotopic (exact) mass is 654 g/mol. The van der Waals surface area contributed by atoms with E-state index in [0.717, 1.165) is 36.0 Å². The third kappa shape index (κ3) is 7.00. The number of hydrogen-bond donors (Lipinski definition) is 1. The van der Waals surface area contributed by atoms with E-state index in [1.165, 1.54) is 5.57 Å². The second kappa shape index (κ2) is 12.2. The van der Waals surface area contributed by atoms with Gasteiger partial charge in [0.15, 0.2) is 17.0 Å². The Balaban J connectivity index is 1.67. The number of fused-ring (bicyclic) bond motifs is 4. The Morgan fingerprint density at radius 1 is 1.04 bits per heavy atom. The van der Waals surface area contributed by atoms with Gasteiger partial charge in [0.05, 0.1) is 17.2 Å². The standard InChI is InChI=1S/C34H43N3O6S2/c1-8-23-19-33(3,4)37(13-10-14-44(7)39)29-17-31-27(15-25(23)29)35-28-16-26-24(21-45(40,41)42)20-34(5,6)36(12-9-11-22(2)38)30(26)18-32(28)43-31/h15-20H,8-14,21H2,1-7H3/p+1. The van der Waals surface area contributed by atoms with Crippen LogP contribution in [0.4, 0.5) is 11.4 Å². The minimum absolute atomic E-state index is 0.112. The highest BCUT2D eigenvalue weighted by molar-refractivity contribution is 7.86. The number of nitrogens with zero attached hydrogens (tertiary/aromatic N) is 3. The average molecular weight is 655 g/mol. The number of carbonyl (C=O) groups is 1. The van der Waals surface area contributed by atoms with E-state index in [1.54, 1.807) is 13.2 Å². The first-order valence-electron chi connectivity index (χ1n) is 15.5. The summed E-state index contributed by atoms with van der Waals surface area (Å²) >= 11 is 0. The van der Waals surface area contributed by atoms with Crippen LogP contribution in [0.3, 0.4) is 0 Å². The molecule has 9 nitrogen and oxygen atoms in total. The van der Waals surface area contributed by atoms with Crippen LogP contribution in [0.2, 0.25) is 0 Å². The zero-order valence-electron chi connectivity index (χ0n) is 27.3. The van der Waals surface area contributed by atoms with Gasteiger partial charge in [0.25, 0.3) is 10.1 Å². The zero-order valence-corrected chi connectivity index (χ0v) is 28.9. The normalized spacial score (nSPS) is 18.3. The number of hydrogen-bond acceptors (Lipinski definition) is 7. The van der Waals surface area contributed by atoms with Crippen LogP contribution in [0.25, 0.3) is 11.1 Å². The van der Waals surface area contributed by atoms with E-state index in [9.17, 15) is 22.0 Å². The maximum atomic E-state index is 12.1. The van der Waals surface area contributed by atoms with E-state index >= 15 is 0 Å². The molecule has 0 aromatic heterocycles. The third-order valence-corrected chi connectivity index (χ3v) is 10.3. The highest BCUT2D eigenvalue weighted by atomic mass is 32.2. The molecule has 2 aromatic carbocycles. The molecule has 45 heavy (non-hydrogen) atoms. The van der Waals surface area contributed by atoms with Gasteiger partial charge in [0.1, 0.15) is 29.1 Å². The highest BCUT2D eigenvalue weighted by Crippen LogP contribution is 2.47. The van der Waals surface area contributed by atoms with E-state index in [1.807, 2.05) is 32.1 Å². The first-order valence-corrected chi connectivity index (χ1v) is 18.8. The zero-order chi connectivity index (χ0) is 32.9. The summed E-state index contributed by atoms with van der Waals surface area (Å²) in [6.45, 7) is 13.4. The lowest BCUT2D eigenvalue weighted by Gasteiger charge is -2.44. The number of allylic oxidation sites excluding steroid dienone is 1. The minimum Gasteiger partial charge on any atom is -0.452 e. The average Bonchev–Trinajstić information content (AvgIpc) is 2.91. The van der Waals surface area contributed by atoms with Crippen molar-refractivity contribution in [1.29, 1.82) is 0 Å². The number of ether oxygens (including phenoxy) is 1. The van der Waals surface area contributed by atoms with E-state index in [0.29, 0.717) is 58.8 Å². The van der Waals surface area contributed by atoms with Crippen molar-refractivity contribution < 1.29 is 26.7 Å². The fraction of sp³-hybridized carbons (Fsp3) is 0.500. The molecule has 0 spiro atoms. The fourth-order valence-electron chi connectivity index (χ4n) is 6.79. The topological polar surface area (TPSA) is 116 Å². The number of ketones is 1.